The van der Waals surface area contributed by atoms with Crippen LogP contribution in [0.3, 0.4) is 0 Å². The molecule has 3 rings (SSSR count). The lowest BCUT2D eigenvalue weighted by atomic mass is 10.1. The van der Waals surface area contributed by atoms with Crippen molar-refractivity contribution in [3.63, 3.8) is 0 Å². The molecule has 8 nitrogen and oxygen atoms in total. The van der Waals surface area contributed by atoms with Crippen molar-refractivity contribution >= 4 is 24.8 Å². The second-order valence-electron chi connectivity index (χ2n) is 7.53. The summed E-state index contributed by atoms with van der Waals surface area (Å²) in [6.07, 6.45) is 3.78. The molecule has 0 aromatic carbocycles. The molecule has 2 unspecified atom stereocenters. The quantitative estimate of drug-likeness (QED) is 0.643. The largest absolute Gasteiger partial charge is 0.388 e. The van der Waals surface area contributed by atoms with Crippen molar-refractivity contribution in [1.82, 2.24) is 9.55 Å². The van der Waals surface area contributed by atoms with Crippen LogP contribution in [-0.2, 0) is 9.47 Å². The van der Waals surface area contributed by atoms with Crippen LogP contribution in [0.2, 0.25) is 0 Å². The molecule has 146 valence electrons. The summed E-state index contributed by atoms with van der Waals surface area (Å²) in [6.45, 7) is 7.33. The number of rotatable bonds is 6. The zero-order chi connectivity index (χ0) is 19.1. The van der Waals surface area contributed by atoms with E-state index in [9.17, 15) is 10.2 Å². The molecule has 9 heteroatoms. The van der Waals surface area contributed by atoms with Crippen LogP contribution in [-0.4, -0.2) is 76.3 Å². The summed E-state index contributed by atoms with van der Waals surface area (Å²) < 4.78 is 13.4. The summed E-state index contributed by atoms with van der Waals surface area (Å²) in [5.74, 6) is 1.38. The van der Waals surface area contributed by atoms with E-state index in [1.54, 1.807) is 10.9 Å². The lowest BCUT2D eigenvalue weighted by Crippen LogP contribution is -2.32. The van der Waals surface area contributed by atoms with Gasteiger partial charge in [0.15, 0.2) is 12.5 Å². The van der Waals surface area contributed by atoms with Crippen molar-refractivity contribution in [2.75, 3.05) is 31.4 Å². The molecule has 3 heterocycles. The third kappa shape index (κ3) is 3.89. The molecule has 0 aliphatic carbocycles. The number of aliphatic hydroxyl groups is 2. The predicted octanol–water partition coefficient (Wildman–Crippen LogP) is 1.48. The van der Waals surface area contributed by atoms with Gasteiger partial charge in [-0.15, -0.1) is 13.2 Å². The van der Waals surface area contributed by atoms with Gasteiger partial charge in [0.2, 0.25) is 0 Å². The molecular formula is C17H29N4O4P. The molecule has 1 fully saturated rings. The lowest BCUT2D eigenvalue weighted by Gasteiger charge is -2.24. The number of hydrogen-bond acceptors (Lipinski definition) is 7. The Kier molecular flexibility index (Phi) is 5.61. The van der Waals surface area contributed by atoms with E-state index in [0.717, 1.165) is 6.16 Å². The van der Waals surface area contributed by atoms with Gasteiger partial charge in [0.1, 0.15) is 29.6 Å². The maximum atomic E-state index is 10.5. The van der Waals surface area contributed by atoms with Crippen LogP contribution in [0.15, 0.2) is 11.3 Å². The Labute approximate surface area is 154 Å². The average molecular weight is 384 g/mol. The topological polar surface area (TPSA) is 101 Å². The fraction of sp³-hybridized carbons (Fsp3) is 0.706. The molecule has 0 radical (unpaired) electrons. The predicted molar refractivity (Wildman–Crippen MR) is 105 cm³/mol. The first-order valence-corrected chi connectivity index (χ1v) is 12.0. The van der Waals surface area contributed by atoms with Gasteiger partial charge in [-0.25, -0.2) is 9.98 Å². The highest BCUT2D eigenvalue weighted by atomic mass is 31.2. The van der Waals surface area contributed by atoms with E-state index < -0.39 is 37.7 Å². The molecule has 26 heavy (non-hydrogen) atoms. The highest BCUT2D eigenvalue weighted by molar-refractivity contribution is 7.72. The van der Waals surface area contributed by atoms with Crippen LogP contribution < -0.4 is 5.32 Å². The number of imidazole rings is 1. The third-order valence-electron chi connectivity index (χ3n) is 4.62. The lowest BCUT2D eigenvalue weighted by molar-refractivity contribution is -0.0363. The second-order valence-corrected chi connectivity index (χ2v) is 11.8. The molecule has 1 saturated heterocycles. The molecule has 0 bridgehead atoms. The van der Waals surface area contributed by atoms with E-state index in [1.807, 2.05) is 13.8 Å². The molecule has 3 N–H and O–H groups in total. The van der Waals surface area contributed by atoms with Crippen molar-refractivity contribution in [1.29, 1.82) is 0 Å². The molecular weight excluding hydrogens is 355 g/mol. The fourth-order valence-electron chi connectivity index (χ4n) is 3.27. The van der Waals surface area contributed by atoms with E-state index in [2.05, 4.69) is 34.9 Å². The second kappa shape index (κ2) is 7.44. The van der Waals surface area contributed by atoms with Crippen LogP contribution in [0.1, 0.15) is 38.4 Å². The Balaban J connectivity index is 1.81. The fourth-order valence-corrected chi connectivity index (χ4v) is 4.22. The standard InChI is InChI=1S/C17H29N4O4P/c1-6-24-16-12-15(19-10(2)20-16)21(9-18-12)17-14(23)13(22)11(25-17)7-8-26(3,4)5/h9,11,13-14,16-17,22-23H,3,6-8H2,1-2,4-5H3,(H,19,20)/t11-,13-,14-,16?,17?/m1/s1. The smallest absolute Gasteiger partial charge is 0.196 e. The summed E-state index contributed by atoms with van der Waals surface area (Å²) >= 11 is 0. The maximum absolute atomic E-state index is 10.5. The van der Waals surface area contributed by atoms with Crippen LogP contribution in [0.25, 0.3) is 0 Å². The molecule has 5 atom stereocenters. The van der Waals surface area contributed by atoms with Crippen molar-refractivity contribution in [3.05, 3.63) is 12.0 Å². The summed E-state index contributed by atoms with van der Waals surface area (Å²) in [5.41, 5.74) is 0.649. The Morgan fingerprint density at radius 3 is 2.77 bits per heavy atom. The van der Waals surface area contributed by atoms with Crippen molar-refractivity contribution in [3.8, 4) is 0 Å². The summed E-state index contributed by atoms with van der Waals surface area (Å²) in [5, 5.41) is 24.2. The molecule has 0 saturated carbocycles. The minimum absolute atomic E-state index is 0.421. The van der Waals surface area contributed by atoms with Crippen molar-refractivity contribution in [2.24, 2.45) is 4.99 Å². The number of fused-ring (bicyclic) bond motifs is 1. The number of nitrogens with zero attached hydrogens (tertiary/aromatic N) is 3. The number of ether oxygens (including phenoxy) is 2. The highest BCUT2D eigenvalue weighted by Crippen LogP contribution is 2.41. The minimum Gasteiger partial charge on any atom is -0.388 e. The number of aliphatic hydroxyl groups excluding tert-OH is 2. The van der Waals surface area contributed by atoms with E-state index in [1.165, 1.54) is 0 Å². The average Bonchev–Trinajstić information content (AvgIpc) is 3.08. The Hall–Kier alpha value is -1.18. The number of anilines is 1. The van der Waals surface area contributed by atoms with Crippen molar-refractivity contribution in [2.45, 2.75) is 51.0 Å². The van der Waals surface area contributed by atoms with Gasteiger partial charge >= 0.3 is 0 Å². The van der Waals surface area contributed by atoms with Crippen LogP contribution in [0.5, 0.6) is 0 Å². The van der Waals surface area contributed by atoms with Gasteiger partial charge < -0.3 is 25.0 Å². The van der Waals surface area contributed by atoms with E-state index in [4.69, 9.17) is 9.47 Å². The van der Waals surface area contributed by atoms with Gasteiger partial charge in [0.05, 0.1) is 12.4 Å². The SMILES string of the molecule is C=P(C)(C)CC[C@H]1OC(n2cnc3c2NC(C)=NC3OCC)[C@H](O)[C@@H]1O. The molecule has 2 aliphatic rings. The minimum atomic E-state index is -1.22. The van der Waals surface area contributed by atoms with Crippen LogP contribution in [0, 0.1) is 0 Å². The number of nitrogens with one attached hydrogen (secondary N) is 1. The first-order valence-electron chi connectivity index (χ1n) is 8.90. The maximum Gasteiger partial charge on any atom is 0.196 e. The monoisotopic (exact) mass is 384 g/mol. The van der Waals surface area contributed by atoms with Gasteiger partial charge in [0.25, 0.3) is 0 Å². The third-order valence-corrected chi connectivity index (χ3v) is 6.09. The molecule has 0 spiro atoms. The van der Waals surface area contributed by atoms with Crippen LogP contribution >= 0.6 is 6.89 Å². The molecule has 1 aromatic heterocycles. The van der Waals surface area contributed by atoms with Gasteiger partial charge in [-0.1, -0.05) is 0 Å². The van der Waals surface area contributed by atoms with Gasteiger partial charge in [-0.05, 0) is 39.8 Å². The molecule has 1 aromatic rings. The van der Waals surface area contributed by atoms with E-state index >= 15 is 0 Å². The molecule has 0 amide bonds. The number of amidine groups is 1. The number of aliphatic imine (C=N–C) groups is 1. The summed E-state index contributed by atoms with van der Waals surface area (Å²) in [7, 11) is 0. The van der Waals surface area contributed by atoms with Gasteiger partial charge in [0, 0.05) is 6.61 Å². The van der Waals surface area contributed by atoms with E-state index in [0.29, 0.717) is 30.4 Å². The zero-order valence-electron chi connectivity index (χ0n) is 15.8. The molecule has 2 aliphatic heterocycles. The Morgan fingerprint density at radius 1 is 1.38 bits per heavy atom. The summed E-state index contributed by atoms with van der Waals surface area (Å²) in [4.78, 5) is 8.81. The number of aromatic nitrogens is 2. The van der Waals surface area contributed by atoms with Crippen LogP contribution in [0.4, 0.5) is 5.82 Å². The Bertz CT molecular complexity index is 728. The summed E-state index contributed by atoms with van der Waals surface area (Å²) in [6, 6.07) is 0. The highest BCUT2D eigenvalue weighted by Gasteiger charge is 2.45. The first-order chi connectivity index (χ1) is 12.2. The normalized spacial score (nSPS) is 31.5. The Morgan fingerprint density at radius 2 is 2.12 bits per heavy atom. The first kappa shape index (κ1) is 19.6. The van der Waals surface area contributed by atoms with Gasteiger partial charge in [-0.3, -0.25) is 4.57 Å². The number of hydrogen-bond donors (Lipinski definition) is 3. The van der Waals surface area contributed by atoms with Crippen molar-refractivity contribution < 1.29 is 19.7 Å². The zero-order valence-corrected chi connectivity index (χ0v) is 16.7. The van der Waals surface area contributed by atoms with E-state index in [-0.39, 0.29) is 0 Å². The van der Waals surface area contributed by atoms with Gasteiger partial charge in [-0.2, -0.15) is 0 Å².